The summed E-state index contributed by atoms with van der Waals surface area (Å²) >= 11 is 0. The summed E-state index contributed by atoms with van der Waals surface area (Å²) in [7, 11) is 0. The van der Waals surface area contributed by atoms with Gasteiger partial charge in [-0.05, 0) is 42.2 Å². The van der Waals surface area contributed by atoms with Gasteiger partial charge in [0, 0.05) is 5.56 Å². The fraction of sp³-hybridized carbons (Fsp3) is 0.250. The maximum Gasteiger partial charge on any atom is 0.185 e. The molecule has 0 radical (unpaired) electrons. The first-order valence-electron chi connectivity index (χ1n) is 7.65. The molecule has 2 aromatic rings. The number of hydrogen-bond acceptors (Lipinski definition) is 2. The Bertz CT molecular complexity index is 634. The Morgan fingerprint density at radius 1 is 1.05 bits per heavy atom. The van der Waals surface area contributed by atoms with Gasteiger partial charge in [-0.15, -0.1) is 0 Å². The lowest BCUT2D eigenvalue weighted by Gasteiger charge is -2.05. The van der Waals surface area contributed by atoms with Gasteiger partial charge in [0.15, 0.2) is 5.78 Å². The van der Waals surface area contributed by atoms with E-state index in [1.807, 2.05) is 61.5 Å². The lowest BCUT2D eigenvalue weighted by Crippen LogP contribution is -1.95. The largest absolute Gasteiger partial charge is 0.494 e. The molecular weight excluding hydrogens is 272 g/mol. The summed E-state index contributed by atoms with van der Waals surface area (Å²) in [6.45, 7) is 6.89. The maximum absolute atomic E-state index is 12.2. The van der Waals surface area contributed by atoms with Crippen molar-refractivity contribution in [2.24, 2.45) is 0 Å². The van der Waals surface area contributed by atoms with Gasteiger partial charge >= 0.3 is 0 Å². The van der Waals surface area contributed by atoms with E-state index in [0.717, 1.165) is 11.3 Å². The highest BCUT2D eigenvalue weighted by Crippen LogP contribution is 2.16. The second-order valence-electron chi connectivity index (χ2n) is 5.48. The van der Waals surface area contributed by atoms with Crippen molar-refractivity contribution in [3.05, 3.63) is 71.3 Å². The molecule has 0 aliphatic carbocycles. The summed E-state index contributed by atoms with van der Waals surface area (Å²) in [5.41, 5.74) is 2.94. The van der Waals surface area contributed by atoms with Gasteiger partial charge in [0.05, 0.1) is 6.61 Å². The molecule has 2 heteroatoms. The van der Waals surface area contributed by atoms with Crippen LogP contribution < -0.4 is 4.74 Å². The molecular formula is C20H22O2. The molecule has 2 nitrogen and oxygen atoms in total. The molecule has 0 aromatic heterocycles. The van der Waals surface area contributed by atoms with E-state index in [1.165, 1.54) is 5.56 Å². The first-order chi connectivity index (χ1) is 10.6. The second-order valence-corrected chi connectivity index (χ2v) is 5.48. The molecule has 0 spiro atoms. The standard InChI is InChI=1S/C20H22O2/c1-4-22-19-12-5-16(6-13-19)7-14-20(21)18-10-8-17(9-11-18)15(2)3/h5-15H,4H2,1-3H3/b14-7+. The maximum atomic E-state index is 12.2. The SMILES string of the molecule is CCOc1ccc(/C=C/C(=O)c2ccc(C(C)C)cc2)cc1. The summed E-state index contributed by atoms with van der Waals surface area (Å²) < 4.78 is 5.40. The molecule has 2 aromatic carbocycles. The Hall–Kier alpha value is -2.35. The Balaban J connectivity index is 2.04. The van der Waals surface area contributed by atoms with Crippen LogP contribution in [0.5, 0.6) is 5.75 Å². The lowest BCUT2D eigenvalue weighted by atomic mass is 10.0. The third kappa shape index (κ3) is 4.32. The van der Waals surface area contributed by atoms with Gasteiger partial charge in [-0.3, -0.25) is 4.79 Å². The monoisotopic (exact) mass is 294 g/mol. The van der Waals surface area contributed by atoms with Crippen molar-refractivity contribution < 1.29 is 9.53 Å². The number of rotatable bonds is 6. The molecule has 0 aliphatic heterocycles. The zero-order valence-corrected chi connectivity index (χ0v) is 13.4. The van der Waals surface area contributed by atoms with Crippen molar-refractivity contribution in [1.82, 2.24) is 0 Å². The lowest BCUT2D eigenvalue weighted by molar-refractivity contribution is 0.104. The predicted octanol–water partition coefficient (Wildman–Crippen LogP) is 5.10. The first-order valence-corrected chi connectivity index (χ1v) is 7.65. The van der Waals surface area contributed by atoms with Crippen molar-refractivity contribution in [3.8, 4) is 5.75 Å². The van der Waals surface area contributed by atoms with Crippen molar-refractivity contribution >= 4 is 11.9 Å². The quantitative estimate of drug-likeness (QED) is 0.547. The summed E-state index contributed by atoms with van der Waals surface area (Å²) in [6, 6.07) is 15.5. The van der Waals surface area contributed by atoms with E-state index in [-0.39, 0.29) is 5.78 Å². The first kappa shape index (κ1) is 16.0. The Labute approximate surface area is 132 Å². The van der Waals surface area contributed by atoms with Crippen LogP contribution in [-0.2, 0) is 0 Å². The van der Waals surface area contributed by atoms with Gasteiger partial charge < -0.3 is 4.74 Å². The van der Waals surface area contributed by atoms with Crippen molar-refractivity contribution in [1.29, 1.82) is 0 Å². The molecule has 0 heterocycles. The number of ketones is 1. The molecule has 0 saturated heterocycles. The third-order valence-electron chi connectivity index (χ3n) is 3.48. The molecule has 0 bridgehead atoms. The van der Waals surface area contributed by atoms with Crippen LogP contribution in [0.25, 0.3) is 6.08 Å². The van der Waals surface area contributed by atoms with E-state index in [2.05, 4.69) is 13.8 Å². The molecule has 0 aliphatic rings. The van der Waals surface area contributed by atoms with E-state index in [0.29, 0.717) is 18.1 Å². The van der Waals surface area contributed by atoms with Crippen LogP contribution in [0.15, 0.2) is 54.6 Å². The average molecular weight is 294 g/mol. The Morgan fingerprint density at radius 3 is 2.23 bits per heavy atom. The Kier molecular flexibility index (Phi) is 5.54. The minimum Gasteiger partial charge on any atom is -0.494 e. The fourth-order valence-corrected chi connectivity index (χ4v) is 2.14. The minimum absolute atomic E-state index is 0.0178. The molecule has 114 valence electrons. The normalized spacial score (nSPS) is 11.1. The number of hydrogen-bond donors (Lipinski definition) is 0. The van der Waals surface area contributed by atoms with Crippen LogP contribution in [0.4, 0.5) is 0 Å². The second kappa shape index (κ2) is 7.60. The molecule has 0 N–H and O–H groups in total. The van der Waals surface area contributed by atoms with Crippen LogP contribution in [0.2, 0.25) is 0 Å². The van der Waals surface area contributed by atoms with Crippen molar-refractivity contribution in [2.75, 3.05) is 6.61 Å². The van der Waals surface area contributed by atoms with Crippen LogP contribution in [-0.4, -0.2) is 12.4 Å². The molecule has 0 fully saturated rings. The summed E-state index contributed by atoms with van der Waals surface area (Å²) in [4.78, 5) is 12.2. The number of ether oxygens (including phenoxy) is 1. The summed E-state index contributed by atoms with van der Waals surface area (Å²) in [6.07, 6.45) is 3.44. The Morgan fingerprint density at radius 2 is 1.68 bits per heavy atom. The van der Waals surface area contributed by atoms with Gasteiger partial charge in [0.1, 0.15) is 5.75 Å². The fourth-order valence-electron chi connectivity index (χ4n) is 2.14. The summed E-state index contributed by atoms with van der Waals surface area (Å²) in [5, 5.41) is 0. The van der Waals surface area contributed by atoms with Gasteiger partial charge in [-0.2, -0.15) is 0 Å². The van der Waals surface area contributed by atoms with E-state index in [1.54, 1.807) is 6.08 Å². The van der Waals surface area contributed by atoms with E-state index >= 15 is 0 Å². The predicted molar refractivity (Wildman–Crippen MR) is 91.5 cm³/mol. The van der Waals surface area contributed by atoms with Gasteiger partial charge in [0.25, 0.3) is 0 Å². The highest BCUT2D eigenvalue weighted by molar-refractivity contribution is 6.06. The molecule has 0 saturated carbocycles. The zero-order valence-electron chi connectivity index (χ0n) is 13.4. The van der Waals surface area contributed by atoms with E-state index in [9.17, 15) is 4.79 Å². The minimum atomic E-state index is 0.0178. The molecule has 22 heavy (non-hydrogen) atoms. The van der Waals surface area contributed by atoms with Crippen LogP contribution in [0, 0.1) is 0 Å². The molecule has 0 unspecified atom stereocenters. The zero-order chi connectivity index (χ0) is 15.9. The number of carbonyl (C=O) groups excluding carboxylic acids is 1. The highest BCUT2D eigenvalue weighted by atomic mass is 16.5. The molecule has 0 amide bonds. The number of allylic oxidation sites excluding steroid dienone is 1. The smallest absolute Gasteiger partial charge is 0.185 e. The van der Waals surface area contributed by atoms with E-state index < -0.39 is 0 Å². The van der Waals surface area contributed by atoms with Crippen LogP contribution in [0.3, 0.4) is 0 Å². The molecule has 2 rings (SSSR count). The van der Waals surface area contributed by atoms with Gasteiger partial charge in [-0.25, -0.2) is 0 Å². The average Bonchev–Trinajstić information content (AvgIpc) is 2.54. The van der Waals surface area contributed by atoms with Gasteiger partial charge in [0.2, 0.25) is 0 Å². The molecule has 0 atom stereocenters. The number of benzene rings is 2. The number of carbonyl (C=O) groups is 1. The van der Waals surface area contributed by atoms with Crippen LogP contribution >= 0.6 is 0 Å². The van der Waals surface area contributed by atoms with E-state index in [4.69, 9.17) is 4.74 Å². The van der Waals surface area contributed by atoms with Crippen molar-refractivity contribution in [2.45, 2.75) is 26.7 Å². The summed E-state index contributed by atoms with van der Waals surface area (Å²) in [5.74, 6) is 1.34. The topological polar surface area (TPSA) is 26.3 Å². The third-order valence-corrected chi connectivity index (χ3v) is 3.48. The van der Waals surface area contributed by atoms with Crippen LogP contribution in [0.1, 0.15) is 48.2 Å². The highest BCUT2D eigenvalue weighted by Gasteiger charge is 2.03. The van der Waals surface area contributed by atoms with Crippen molar-refractivity contribution in [3.63, 3.8) is 0 Å². The van der Waals surface area contributed by atoms with Gasteiger partial charge in [-0.1, -0.05) is 56.3 Å².